The summed E-state index contributed by atoms with van der Waals surface area (Å²) in [6.07, 6.45) is 9.69. The lowest BCUT2D eigenvalue weighted by molar-refractivity contribution is -0.144. The van der Waals surface area contributed by atoms with Crippen LogP contribution in [-0.2, 0) is 20.8 Å². The molecule has 3 aromatic carbocycles. The monoisotopic (exact) mass is 1060 g/mol. The Morgan fingerprint density at radius 3 is 2.20 bits per heavy atom. The molecule has 406 valence electrons. The van der Waals surface area contributed by atoms with Crippen molar-refractivity contribution in [2.75, 3.05) is 27.2 Å². The Bertz CT molecular complexity index is 2850. The van der Waals surface area contributed by atoms with Crippen LogP contribution in [0, 0.1) is 12.3 Å². The highest BCUT2D eigenvalue weighted by Gasteiger charge is 2.44. The number of benzene rings is 3. The number of hydrogen-bond donors (Lipinski definition) is 6. The quantitative estimate of drug-likeness (QED) is 0.0339. The number of fused-ring (bicyclic) bond motifs is 1. The van der Waals surface area contributed by atoms with Gasteiger partial charge in [-0.05, 0) is 91.5 Å². The first-order chi connectivity index (χ1) is 36.3. The van der Waals surface area contributed by atoms with Crippen LogP contribution in [0.1, 0.15) is 170 Å². The van der Waals surface area contributed by atoms with Gasteiger partial charge in [0.05, 0.1) is 39.8 Å². The fourth-order valence-corrected chi connectivity index (χ4v) is 10.8. The maximum atomic E-state index is 14.1. The molecule has 6 N–H and O–H groups in total. The van der Waals surface area contributed by atoms with Gasteiger partial charge in [-0.1, -0.05) is 107 Å². The Morgan fingerprint density at radius 2 is 1.54 bits per heavy atom. The van der Waals surface area contributed by atoms with Gasteiger partial charge in [-0.2, -0.15) is 0 Å². The maximum absolute atomic E-state index is 14.1. The number of aromatic nitrogens is 2. The molecular weight excluding hydrogens is 985 g/mol. The number of nitrogens with zero attached hydrogens (tertiary/aromatic N) is 4. The molecule has 1 fully saturated rings. The van der Waals surface area contributed by atoms with E-state index in [9.17, 15) is 39.0 Å². The van der Waals surface area contributed by atoms with Crippen LogP contribution in [-0.4, -0.2) is 111 Å². The standard InChI is InChI=1S/C58H74N8O9S/c1-35(37-18-21-39(22-19-37)51-36(2)60-34-76-51)61-55(72)47-31-42(67)33-66(47)57(74)52(58(3,4)5)63-50(69)17-15-13-11-9-8-10-12-14-16-28-59-53(70)41-23-20-38-25-27-45(44(38)29-41)62-54(71)46-32-49(75-64-46)40-24-26-43(48(68)30-40)56(73)65(6)7/h18-24,26,29-30,32,34-35,42,45,47,52,67-68H,8-17,25,27-28,31,33H2,1-7H3,(H,59,70)(H,61,72)(H,62,71)(H,63,69)/t35?,42-,45-,47+,52?/m1/s1. The average Bonchev–Trinajstić information content (AvgIpc) is 4.23. The van der Waals surface area contributed by atoms with E-state index in [1.807, 2.05) is 82.6 Å². The van der Waals surface area contributed by atoms with Crippen molar-refractivity contribution in [3.05, 3.63) is 111 Å². The van der Waals surface area contributed by atoms with Gasteiger partial charge in [0.15, 0.2) is 11.5 Å². The largest absolute Gasteiger partial charge is 0.507 e. The number of hydrogen-bond acceptors (Lipinski definition) is 12. The molecule has 0 bridgehead atoms. The molecule has 5 aromatic rings. The van der Waals surface area contributed by atoms with Crippen LogP contribution >= 0.6 is 11.3 Å². The molecule has 76 heavy (non-hydrogen) atoms. The maximum Gasteiger partial charge on any atom is 0.273 e. The molecule has 3 heterocycles. The summed E-state index contributed by atoms with van der Waals surface area (Å²) in [7, 11) is 3.19. The summed E-state index contributed by atoms with van der Waals surface area (Å²) in [4.78, 5) is 88.0. The van der Waals surface area contributed by atoms with Gasteiger partial charge >= 0.3 is 0 Å². The average molecular weight is 1060 g/mol. The van der Waals surface area contributed by atoms with E-state index in [2.05, 4.69) is 31.4 Å². The molecule has 2 aromatic heterocycles. The molecule has 1 aliphatic carbocycles. The van der Waals surface area contributed by atoms with Gasteiger partial charge < -0.3 is 45.8 Å². The second kappa shape index (κ2) is 25.7. The molecule has 0 saturated carbocycles. The van der Waals surface area contributed by atoms with Gasteiger partial charge in [-0.3, -0.25) is 28.8 Å². The number of aliphatic hydroxyl groups excluding tert-OH is 1. The third kappa shape index (κ3) is 14.5. The lowest BCUT2D eigenvalue weighted by atomic mass is 9.85. The topological polar surface area (TPSA) is 236 Å². The van der Waals surface area contributed by atoms with Crippen LogP contribution in [0.2, 0.25) is 0 Å². The summed E-state index contributed by atoms with van der Waals surface area (Å²) in [6.45, 7) is 10.1. The predicted octanol–water partition coefficient (Wildman–Crippen LogP) is 8.60. The van der Waals surface area contributed by atoms with Crippen molar-refractivity contribution < 1.29 is 43.5 Å². The van der Waals surface area contributed by atoms with E-state index in [4.69, 9.17) is 4.52 Å². The van der Waals surface area contributed by atoms with Gasteiger partial charge in [0, 0.05) is 57.2 Å². The SMILES string of the molecule is Cc1ncsc1-c1ccc(C(C)NC(=O)[C@@H]2C[C@@H](O)CN2C(=O)C(NC(=O)CCCCCCCCCCCNC(=O)c2ccc3c(c2)[C@H](NC(=O)c2cc(-c4ccc(C(=O)N(C)C)c(O)c4)on2)CC3)C(C)(C)C)cc1. The van der Waals surface area contributed by atoms with E-state index in [0.717, 1.165) is 90.6 Å². The van der Waals surface area contributed by atoms with Crippen molar-refractivity contribution >= 4 is 46.8 Å². The first kappa shape index (κ1) is 56.8. The molecule has 7 rings (SSSR count). The van der Waals surface area contributed by atoms with Gasteiger partial charge in [0.2, 0.25) is 17.7 Å². The van der Waals surface area contributed by atoms with E-state index in [1.165, 1.54) is 28.0 Å². The van der Waals surface area contributed by atoms with E-state index < -0.39 is 29.5 Å². The Labute approximate surface area is 449 Å². The molecule has 6 amide bonds. The van der Waals surface area contributed by atoms with Crippen molar-refractivity contribution in [1.82, 2.24) is 41.2 Å². The number of unbranched alkanes of at least 4 members (excludes halogenated alkanes) is 8. The highest BCUT2D eigenvalue weighted by molar-refractivity contribution is 7.13. The number of carbonyl (C=O) groups is 6. The number of β-amino-alcohol motifs (C(OH)–C–C–N with tert-alkyl or cyclic N) is 1. The van der Waals surface area contributed by atoms with Crippen molar-refractivity contribution in [1.29, 1.82) is 0 Å². The number of phenolic OH excluding ortho intramolecular Hbond substituents is 1. The van der Waals surface area contributed by atoms with Crippen LogP contribution in [0.5, 0.6) is 5.75 Å². The summed E-state index contributed by atoms with van der Waals surface area (Å²) < 4.78 is 5.42. The first-order valence-electron chi connectivity index (χ1n) is 26.6. The highest BCUT2D eigenvalue weighted by atomic mass is 32.1. The van der Waals surface area contributed by atoms with Crippen LogP contribution in [0.25, 0.3) is 21.8 Å². The molecule has 2 unspecified atom stereocenters. The van der Waals surface area contributed by atoms with E-state index in [0.29, 0.717) is 36.9 Å². The second-order valence-electron chi connectivity index (χ2n) is 21.6. The Balaban J connectivity index is 0.757. The zero-order valence-electron chi connectivity index (χ0n) is 44.9. The summed E-state index contributed by atoms with van der Waals surface area (Å²) >= 11 is 1.58. The summed E-state index contributed by atoms with van der Waals surface area (Å²) in [6, 6.07) is 17.2. The van der Waals surface area contributed by atoms with Crippen molar-refractivity contribution in [3.63, 3.8) is 0 Å². The number of aryl methyl sites for hydroxylation is 2. The van der Waals surface area contributed by atoms with Crippen molar-refractivity contribution in [2.24, 2.45) is 5.41 Å². The minimum atomic E-state index is -0.871. The third-order valence-electron chi connectivity index (χ3n) is 14.4. The second-order valence-corrected chi connectivity index (χ2v) is 22.4. The Hall–Kier alpha value is -6.92. The van der Waals surface area contributed by atoms with Crippen LogP contribution < -0.4 is 21.3 Å². The van der Waals surface area contributed by atoms with Gasteiger partial charge in [-0.25, -0.2) is 4.98 Å². The summed E-state index contributed by atoms with van der Waals surface area (Å²) in [5, 5.41) is 37.1. The molecular formula is C58H74N8O9S. The van der Waals surface area contributed by atoms with Crippen molar-refractivity contribution in [2.45, 2.75) is 148 Å². The molecule has 1 saturated heterocycles. The molecule has 0 spiro atoms. The normalized spacial score (nSPS) is 16.9. The van der Waals surface area contributed by atoms with E-state index in [1.54, 1.807) is 31.5 Å². The number of rotatable bonds is 23. The third-order valence-corrected chi connectivity index (χ3v) is 15.4. The highest BCUT2D eigenvalue weighted by Crippen LogP contribution is 2.34. The Kier molecular flexibility index (Phi) is 19.2. The fraction of sp³-hybridized carbons (Fsp3) is 0.483. The number of nitrogens with one attached hydrogen (secondary N) is 4. The molecule has 18 heteroatoms. The summed E-state index contributed by atoms with van der Waals surface area (Å²) in [5.41, 5.74) is 7.28. The molecule has 2 aliphatic rings. The Morgan fingerprint density at radius 1 is 0.855 bits per heavy atom. The number of likely N-dealkylation sites (tertiary alicyclic amines) is 1. The number of aromatic hydroxyl groups is 1. The fourth-order valence-electron chi connectivity index (χ4n) is 9.95. The zero-order valence-corrected chi connectivity index (χ0v) is 45.7. The molecule has 1 aliphatic heterocycles. The smallest absolute Gasteiger partial charge is 0.273 e. The molecule has 0 radical (unpaired) electrons. The predicted molar refractivity (Wildman–Crippen MR) is 291 cm³/mol. The van der Waals surface area contributed by atoms with Gasteiger partial charge in [-0.15, -0.1) is 11.3 Å². The number of aliphatic hydroxyl groups is 1. The number of carbonyl (C=O) groups excluding carboxylic acids is 6. The van der Waals surface area contributed by atoms with Crippen LogP contribution in [0.3, 0.4) is 0 Å². The zero-order chi connectivity index (χ0) is 54.7. The minimum absolute atomic E-state index is 0.0161. The van der Waals surface area contributed by atoms with E-state index >= 15 is 0 Å². The molecule has 17 nitrogen and oxygen atoms in total. The van der Waals surface area contributed by atoms with Gasteiger partial charge in [0.25, 0.3) is 17.7 Å². The van der Waals surface area contributed by atoms with E-state index in [-0.39, 0.29) is 77.4 Å². The van der Waals surface area contributed by atoms with Crippen molar-refractivity contribution in [3.8, 4) is 27.5 Å². The number of phenols is 1. The minimum Gasteiger partial charge on any atom is -0.507 e. The lowest BCUT2D eigenvalue weighted by Crippen LogP contribution is -2.57. The van der Waals surface area contributed by atoms with Crippen LogP contribution in [0.15, 0.2) is 76.8 Å². The summed E-state index contributed by atoms with van der Waals surface area (Å²) in [5.74, 6) is -1.81. The molecule has 5 atom stereocenters. The number of amides is 6. The first-order valence-corrected chi connectivity index (χ1v) is 27.5. The van der Waals surface area contributed by atoms with Crippen LogP contribution in [0.4, 0.5) is 0 Å². The lowest BCUT2D eigenvalue weighted by Gasteiger charge is -2.35. The van der Waals surface area contributed by atoms with Gasteiger partial charge in [0.1, 0.15) is 17.8 Å². The number of thiazole rings is 1.